The normalized spacial score (nSPS) is 12.2. The van der Waals surface area contributed by atoms with Crippen LogP contribution < -0.4 is 2.89 Å². The molecule has 3 aromatic rings. The molecule has 0 bridgehead atoms. The van der Waals surface area contributed by atoms with Gasteiger partial charge in [-0.15, -0.1) is 0 Å². The molecule has 3 heterocycles. The maximum atomic E-state index is 2.67. The first-order valence-corrected chi connectivity index (χ1v) is 19.3. The molecule has 0 amide bonds. The second-order valence-electron chi connectivity index (χ2n) is 7.78. The third-order valence-electron chi connectivity index (χ3n) is 5.27. The van der Waals surface area contributed by atoms with Gasteiger partial charge in [-0.05, 0) is 0 Å². The summed E-state index contributed by atoms with van der Waals surface area (Å²) in [6.07, 6.45) is 12.1. The number of fused-ring (bicyclic) bond motifs is 3. The van der Waals surface area contributed by atoms with Crippen molar-refractivity contribution < 1.29 is 0 Å². The summed E-state index contributed by atoms with van der Waals surface area (Å²) in [5.41, 5.74) is 3.07. The SMILES string of the molecule is CCCCCCc1cc2c(s1)c1s[c]([Sn]([CH3])[CH3])cc1n2CCCCCC. The quantitative estimate of drug-likeness (QED) is 0.191. The molecule has 0 spiro atoms. The first-order chi connectivity index (χ1) is 12.7. The van der Waals surface area contributed by atoms with E-state index >= 15 is 0 Å². The van der Waals surface area contributed by atoms with Gasteiger partial charge in [0.2, 0.25) is 0 Å². The van der Waals surface area contributed by atoms with Crippen molar-refractivity contribution in [2.75, 3.05) is 0 Å². The monoisotopic (exact) mass is 496 g/mol. The van der Waals surface area contributed by atoms with Crippen LogP contribution >= 0.6 is 22.7 Å². The third-order valence-corrected chi connectivity index (χ3v) is 14.4. The van der Waals surface area contributed by atoms with Crippen molar-refractivity contribution in [3.05, 3.63) is 17.0 Å². The zero-order valence-corrected chi connectivity index (χ0v) is 21.5. The van der Waals surface area contributed by atoms with E-state index in [1.165, 1.54) is 69.8 Å². The average Bonchev–Trinajstić information content (AvgIpc) is 3.28. The molecule has 26 heavy (non-hydrogen) atoms. The molecule has 0 aliphatic heterocycles. The first-order valence-electron chi connectivity index (χ1n) is 10.5. The van der Waals surface area contributed by atoms with Crippen LogP contribution in [0.2, 0.25) is 9.88 Å². The van der Waals surface area contributed by atoms with Crippen LogP contribution in [0.1, 0.15) is 70.1 Å². The van der Waals surface area contributed by atoms with E-state index in [1.54, 1.807) is 22.7 Å². The number of thiophene rings is 2. The molecule has 1 radical (unpaired) electrons. The van der Waals surface area contributed by atoms with Crippen LogP contribution in [0.4, 0.5) is 0 Å². The predicted molar refractivity (Wildman–Crippen MR) is 124 cm³/mol. The molecule has 3 aromatic heterocycles. The standard InChI is InChI=1S/C20H28NS2.2CH3.Sn/c1-3-5-7-9-11-16-15-18-20(23-16)19-17(12-14-22-19)21(18)13-10-8-6-4-2;;;/h12,15H,3-11,13H2,1-2H3;2*1H3;. The predicted octanol–water partition coefficient (Wildman–Crippen LogP) is 7.58. The van der Waals surface area contributed by atoms with E-state index in [-0.39, 0.29) is 0 Å². The number of rotatable bonds is 11. The van der Waals surface area contributed by atoms with Gasteiger partial charge >= 0.3 is 175 Å². The molecule has 0 saturated heterocycles. The van der Waals surface area contributed by atoms with Crippen molar-refractivity contribution in [1.29, 1.82) is 0 Å². The van der Waals surface area contributed by atoms with Gasteiger partial charge < -0.3 is 0 Å². The van der Waals surface area contributed by atoms with Crippen LogP contribution in [0.3, 0.4) is 0 Å². The molecule has 0 aliphatic rings. The Morgan fingerprint density at radius 2 is 1.46 bits per heavy atom. The van der Waals surface area contributed by atoms with Crippen molar-refractivity contribution in [2.24, 2.45) is 0 Å². The van der Waals surface area contributed by atoms with E-state index < -0.39 is 19.8 Å². The molecule has 143 valence electrons. The number of aromatic nitrogens is 1. The van der Waals surface area contributed by atoms with Crippen LogP contribution in [0, 0.1) is 0 Å². The van der Waals surface area contributed by atoms with Gasteiger partial charge in [0.15, 0.2) is 0 Å². The Bertz CT molecular complexity index is 824. The van der Waals surface area contributed by atoms with Crippen LogP contribution in [0.5, 0.6) is 0 Å². The van der Waals surface area contributed by atoms with Crippen LogP contribution in [-0.4, -0.2) is 24.3 Å². The Labute approximate surface area is 174 Å². The minimum atomic E-state index is -1.28. The molecule has 1 nitrogen and oxygen atoms in total. The Morgan fingerprint density at radius 3 is 2.15 bits per heavy atom. The second kappa shape index (κ2) is 9.97. The van der Waals surface area contributed by atoms with Gasteiger partial charge in [-0.2, -0.15) is 0 Å². The Balaban J connectivity index is 1.88. The summed E-state index contributed by atoms with van der Waals surface area (Å²) in [5, 5.41) is 0. The molecule has 0 aromatic carbocycles. The van der Waals surface area contributed by atoms with Crippen molar-refractivity contribution in [3.8, 4) is 0 Å². The van der Waals surface area contributed by atoms with E-state index in [2.05, 4.69) is 63.1 Å². The van der Waals surface area contributed by atoms with E-state index in [9.17, 15) is 0 Å². The molecular formula is C22H34NS2Sn. The number of hydrogen-bond donors (Lipinski definition) is 0. The number of nitrogens with zero attached hydrogens (tertiary/aromatic N) is 1. The summed E-state index contributed by atoms with van der Waals surface area (Å²) in [7, 11) is 0. The van der Waals surface area contributed by atoms with Crippen LogP contribution in [0.25, 0.3) is 20.4 Å². The molecular weight excluding hydrogens is 461 g/mol. The van der Waals surface area contributed by atoms with Gasteiger partial charge in [0.25, 0.3) is 0 Å². The number of aryl methyl sites for hydroxylation is 2. The van der Waals surface area contributed by atoms with Gasteiger partial charge in [-0.25, -0.2) is 0 Å². The van der Waals surface area contributed by atoms with Crippen molar-refractivity contribution in [2.45, 2.75) is 88.1 Å². The molecule has 0 fully saturated rings. The zero-order valence-electron chi connectivity index (χ0n) is 17.0. The Kier molecular flexibility index (Phi) is 7.95. The molecule has 0 saturated carbocycles. The second-order valence-corrected chi connectivity index (χ2v) is 18.2. The average molecular weight is 495 g/mol. The van der Waals surface area contributed by atoms with Gasteiger partial charge in [-0.1, -0.05) is 0 Å². The fourth-order valence-corrected chi connectivity index (χ4v) is 10.0. The molecule has 0 N–H and O–H groups in total. The van der Waals surface area contributed by atoms with Gasteiger partial charge in [-0.3, -0.25) is 0 Å². The van der Waals surface area contributed by atoms with Gasteiger partial charge in [0.1, 0.15) is 0 Å². The molecule has 0 atom stereocenters. The summed E-state index contributed by atoms with van der Waals surface area (Å²) >= 11 is 2.93. The topological polar surface area (TPSA) is 4.93 Å². The Hall–Kier alpha value is -0.00130. The summed E-state index contributed by atoms with van der Waals surface area (Å²) < 4.78 is 7.58. The fourth-order valence-electron chi connectivity index (χ4n) is 3.70. The Morgan fingerprint density at radius 1 is 0.808 bits per heavy atom. The number of unbranched alkanes of at least 4 members (excludes halogenated alkanes) is 6. The van der Waals surface area contributed by atoms with Crippen LogP contribution in [-0.2, 0) is 13.0 Å². The molecule has 0 unspecified atom stereocenters. The summed E-state index contributed by atoms with van der Waals surface area (Å²) in [6, 6.07) is 5.08. The van der Waals surface area contributed by atoms with E-state index in [0.717, 1.165) is 0 Å². The molecule has 3 rings (SSSR count). The zero-order chi connectivity index (χ0) is 18.5. The fraction of sp³-hybridized carbons (Fsp3) is 0.636. The van der Waals surface area contributed by atoms with Crippen LogP contribution in [0.15, 0.2) is 12.1 Å². The van der Waals surface area contributed by atoms with Gasteiger partial charge in [0, 0.05) is 0 Å². The van der Waals surface area contributed by atoms with Gasteiger partial charge in [0.05, 0.1) is 0 Å². The summed E-state index contributed by atoms with van der Waals surface area (Å²) in [4.78, 5) is 6.64. The van der Waals surface area contributed by atoms with E-state index in [0.29, 0.717) is 0 Å². The molecule has 4 heteroatoms. The van der Waals surface area contributed by atoms with Crippen molar-refractivity contribution in [3.63, 3.8) is 0 Å². The third kappa shape index (κ3) is 4.69. The summed E-state index contributed by atoms with van der Waals surface area (Å²) in [6.45, 7) is 5.80. The van der Waals surface area contributed by atoms with Crippen molar-refractivity contribution in [1.82, 2.24) is 4.57 Å². The summed E-state index contributed by atoms with van der Waals surface area (Å²) in [5.74, 6) is 0. The maximum absolute atomic E-state index is 2.67. The number of hydrogen-bond acceptors (Lipinski definition) is 2. The first kappa shape index (κ1) is 20.7. The molecule has 0 aliphatic carbocycles. The van der Waals surface area contributed by atoms with E-state index in [4.69, 9.17) is 0 Å². The minimum absolute atomic E-state index is 1.20. The van der Waals surface area contributed by atoms with Crippen molar-refractivity contribution >= 4 is 65.8 Å². The van der Waals surface area contributed by atoms with E-state index in [1.807, 2.05) is 0 Å².